The summed E-state index contributed by atoms with van der Waals surface area (Å²) in [5.74, 6) is -1.71. The largest absolute Gasteiger partial charge is 0.480 e. The number of ether oxygens (including phenoxy) is 1. The van der Waals surface area contributed by atoms with E-state index in [1.165, 1.54) is 44.4 Å². The third-order valence-corrected chi connectivity index (χ3v) is 9.44. The molecule has 214 valence electrons. The van der Waals surface area contributed by atoms with Crippen molar-refractivity contribution in [2.75, 3.05) is 6.61 Å². The number of hydrogen-bond donors (Lipinski definition) is 2. The third kappa shape index (κ3) is 5.13. The Morgan fingerprint density at radius 1 is 0.951 bits per heavy atom. The molecule has 0 radical (unpaired) electrons. The van der Waals surface area contributed by atoms with Crippen LogP contribution in [-0.2, 0) is 20.7 Å². The average molecular weight is 559 g/mol. The van der Waals surface area contributed by atoms with Crippen LogP contribution in [0.2, 0.25) is 0 Å². The fraction of sp³-hybridized carbons (Fsp3) is 0.469. The van der Waals surface area contributed by atoms with E-state index in [2.05, 4.69) is 5.32 Å². The molecule has 41 heavy (non-hydrogen) atoms. The number of benzene rings is 2. The van der Waals surface area contributed by atoms with Crippen LogP contribution >= 0.6 is 0 Å². The molecule has 1 heterocycles. The van der Waals surface area contributed by atoms with Gasteiger partial charge in [-0.1, -0.05) is 30.3 Å². The highest BCUT2D eigenvalue weighted by Gasteiger charge is 2.51. The molecule has 2 aromatic rings. The minimum atomic E-state index is -1.28. The van der Waals surface area contributed by atoms with Crippen LogP contribution in [0.25, 0.3) is 0 Å². The number of amides is 3. The predicted molar refractivity (Wildman–Crippen MR) is 147 cm³/mol. The SMILES string of the molecule is C[C@H](NC(=O)[C@H](Cc1ccccc1)N1C(=O)c2ccc(C(=O)OCC34CC5CC(CC(C5)C3)C4)cc2C1=O)C(=O)O. The van der Waals surface area contributed by atoms with Gasteiger partial charge in [-0.2, -0.15) is 0 Å². The fourth-order valence-corrected chi connectivity index (χ4v) is 7.95. The van der Waals surface area contributed by atoms with Gasteiger partial charge in [-0.3, -0.25) is 24.1 Å². The number of esters is 1. The van der Waals surface area contributed by atoms with Gasteiger partial charge in [0.15, 0.2) is 0 Å². The summed E-state index contributed by atoms with van der Waals surface area (Å²) in [4.78, 5) is 65.6. The van der Waals surface area contributed by atoms with Crippen molar-refractivity contribution < 1.29 is 33.8 Å². The molecule has 0 unspecified atom stereocenters. The molecule has 0 saturated heterocycles. The van der Waals surface area contributed by atoms with E-state index in [-0.39, 0.29) is 28.5 Å². The molecule has 7 rings (SSSR count). The van der Waals surface area contributed by atoms with E-state index in [1.54, 1.807) is 30.3 Å². The van der Waals surface area contributed by atoms with Crippen molar-refractivity contribution in [3.8, 4) is 0 Å². The normalized spacial score (nSPS) is 27.3. The molecule has 5 aliphatic rings. The van der Waals surface area contributed by atoms with Crippen molar-refractivity contribution in [1.82, 2.24) is 10.2 Å². The Balaban J connectivity index is 1.20. The zero-order chi connectivity index (χ0) is 28.9. The number of hydrogen-bond acceptors (Lipinski definition) is 6. The lowest BCUT2D eigenvalue weighted by Gasteiger charge is -2.56. The molecule has 0 spiro atoms. The van der Waals surface area contributed by atoms with E-state index >= 15 is 0 Å². The van der Waals surface area contributed by atoms with E-state index in [0.29, 0.717) is 12.2 Å². The molecular formula is C32H34N2O7. The van der Waals surface area contributed by atoms with Gasteiger partial charge in [-0.25, -0.2) is 4.79 Å². The molecular weight excluding hydrogens is 524 g/mol. The van der Waals surface area contributed by atoms with Crippen molar-refractivity contribution in [3.63, 3.8) is 0 Å². The number of rotatable bonds is 9. The maximum absolute atomic E-state index is 13.6. The van der Waals surface area contributed by atoms with Crippen molar-refractivity contribution in [2.45, 2.75) is 64.0 Å². The predicted octanol–water partition coefficient (Wildman–Crippen LogP) is 3.86. The van der Waals surface area contributed by atoms with Crippen LogP contribution in [0.5, 0.6) is 0 Å². The number of fused-ring (bicyclic) bond motifs is 1. The van der Waals surface area contributed by atoms with E-state index in [4.69, 9.17) is 4.74 Å². The van der Waals surface area contributed by atoms with Gasteiger partial charge < -0.3 is 15.2 Å². The van der Waals surface area contributed by atoms with Gasteiger partial charge in [0, 0.05) is 11.8 Å². The Hall–Kier alpha value is -4.01. The summed E-state index contributed by atoms with van der Waals surface area (Å²) in [6.45, 7) is 1.68. The monoisotopic (exact) mass is 558 g/mol. The zero-order valence-electron chi connectivity index (χ0n) is 23.0. The summed E-state index contributed by atoms with van der Waals surface area (Å²) in [7, 11) is 0. The number of imide groups is 1. The van der Waals surface area contributed by atoms with Gasteiger partial charge in [-0.15, -0.1) is 0 Å². The highest BCUT2D eigenvalue weighted by Crippen LogP contribution is 2.60. The number of carbonyl (C=O) groups is 5. The van der Waals surface area contributed by atoms with Crippen LogP contribution in [0.1, 0.15) is 82.1 Å². The lowest BCUT2D eigenvalue weighted by molar-refractivity contribution is -0.141. The van der Waals surface area contributed by atoms with Crippen molar-refractivity contribution >= 4 is 29.7 Å². The first-order chi connectivity index (χ1) is 19.6. The van der Waals surface area contributed by atoms with Gasteiger partial charge >= 0.3 is 11.9 Å². The summed E-state index contributed by atoms with van der Waals surface area (Å²) in [5, 5.41) is 11.7. The maximum Gasteiger partial charge on any atom is 0.338 e. The van der Waals surface area contributed by atoms with Crippen molar-refractivity contribution in [1.29, 1.82) is 0 Å². The van der Waals surface area contributed by atoms with E-state index in [1.807, 2.05) is 0 Å². The molecule has 2 atom stereocenters. The lowest BCUT2D eigenvalue weighted by Crippen LogP contribution is -2.53. The Labute approximate surface area is 238 Å². The smallest absolute Gasteiger partial charge is 0.338 e. The van der Waals surface area contributed by atoms with Gasteiger partial charge in [0.05, 0.1) is 23.3 Å². The molecule has 4 fully saturated rings. The molecule has 9 heteroatoms. The Kier molecular flexibility index (Phi) is 6.91. The molecule has 1 aliphatic heterocycles. The topological polar surface area (TPSA) is 130 Å². The van der Waals surface area contributed by atoms with Crippen LogP contribution in [0.4, 0.5) is 0 Å². The molecule has 4 saturated carbocycles. The van der Waals surface area contributed by atoms with Gasteiger partial charge in [0.2, 0.25) is 5.91 Å². The summed E-state index contributed by atoms with van der Waals surface area (Å²) in [6, 6.07) is 10.6. The number of nitrogens with one attached hydrogen (secondary N) is 1. The van der Waals surface area contributed by atoms with Crippen LogP contribution in [0.3, 0.4) is 0 Å². The Bertz CT molecular complexity index is 1380. The summed E-state index contributed by atoms with van der Waals surface area (Å²) < 4.78 is 5.82. The third-order valence-electron chi connectivity index (χ3n) is 9.44. The number of carboxylic acids is 1. The van der Waals surface area contributed by atoms with E-state index < -0.39 is 41.7 Å². The fourth-order valence-electron chi connectivity index (χ4n) is 7.95. The first-order valence-electron chi connectivity index (χ1n) is 14.4. The standard InChI is InChI=1S/C32H34N2O7/c1-18(30(38)39)33-27(35)26(12-19-5-3-2-4-6-19)34-28(36)24-8-7-23(13-25(24)29(34)37)31(40)41-17-32-14-20-9-21(15-32)11-22(10-20)16-32/h2-8,13,18,20-22,26H,9-12,14-17H2,1H3,(H,33,35)(H,38,39)/t18-,20?,21?,22?,26-,32?/m0/s1. The van der Waals surface area contributed by atoms with E-state index in [9.17, 15) is 29.1 Å². The number of aliphatic carboxylic acids is 1. The Morgan fingerprint density at radius 2 is 1.56 bits per heavy atom. The summed E-state index contributed by atoms with van der Waals surface area (Å²) >= 11 is 0. The zero-order valence-corrected chi connectivity index (χ0v) is 23.0. The highest BCUT2D eigenvalue weighted by atomic mass is 16.5. The first kappa shape index (κ1) is 27.2. The van der Waals surface area contributed by atoms with Crippen LogP contribution in [0.15, 0.2) is 48.5 Å². The Morgan fingerprint density at radius 3 is 2.17 bits per heavy atom. The second-order valence-corrected chi connectivity index (χ2v) is 12.5. The molecule has 4 aliphatic carbocycles. The first-order valence-corrected chi connectivity index (χ1v) is 14.4. The molecule has 0 aromatic heterocycles. The summed E-state index contributed by atoms with van der Waals surface area (Å²) in [5.41, 5.74) is 1.04. The average Bonchev–Trinajstić information content (AvgIpc) is 3.18. The minimum absolute atomic E-state index is 0.00441. The quantitative estimate of drug-likeness (QED) is 0.353. The van der Waals surface area contributed by atoms with Gasteiger partial charge in [0.25, 0.3) is 11.8 Å². The summed E-state index contributed by atoms with van der Waals surface area (Å²) in [6.07, 6.45) is 7.19. The molecule has 9 nitrogen and oxygen atoms in total. The van der Waals surface area contributed by atoms with Gasteiger partial charge in [-0.05, 0) is 87.0 Å². The molecule has 4 bridgehead atoms. The van der Waals surface area contributed by atoms with Crippen molar-refractivity contribution in [3.05, 3.63) is 70.8 Å². The second kappa shape index (κ2) is 10.4. The molecule has 2 aromatic carbocycles. The number of carboxylic acid groups (broad SMARTS) is 1. The highest BCUT2D eigenvalue weighted by molar-refractivity contribution is 6.23. The van der Waals surface area contributed by atoms with Gasteiger partial charge in [0.1, 0.15) is 12.1 Å². The maximum atomic E-state index is 13.6. The number of carbonyl (C=O) groups excluding carboxylic acids is 4. The van der Waals surface area contributed by atoms with Crippen LogP contribution in [0, 0.1) is 23.2 Å². The van der Waals surface area contributed by atoms with E-state index in [0.717, 1.165) is 41.9 Å². The van der Waals surface area contributed by atoms with Crippen molar-refractivity contribution in [2.24, 2.45) is 23.2 Å². The second-order valence-electron chi connectivity index (χ2n) is 12.5. The number of nitrogens with zero attached hydrogens (tertiary/aromatic N) is 1. The van der Waals surface area contributed by atoms with Crippen LogP contribution in [-0.4, -0.2) is 58.4 Å². The minimum Gasteiger partial charge on any atom is -0.480 e. The lowest BCUT2D eigenvalue weighted by atomic mass is 9.50. The molecule has 3 amide bonds. The van der Waals surface area contributed by atoms with Crippen LogP contribution < -0.4 is 5.32 Å². The molecule has 2 N–H and O–H groups in total.